The van der Waals surface area contributed by atoms with Gasteiger partial charge in [-0.1, -0.05) is 36.4 Å². The van der Waals surface area contributed by atoms with E-state index in [-0.39, 0.29) is 48.9 Å². The molecule has 16 nitrogen and oxygen atoms in total. The van der Waals surface area contributed by atoms with Gasteiger partial charge in [-0.15, -0.1) is 0 Å². The van der Waals surface area contributed by atoms with Crippen molar-refractivity contribution in [1.29, 1.82) is 0 Å². The molecule has 0 fully saturated rings. The number of nitrogens with zero attached hydrogens (tertiary/aromatic N) is 4. The topological polar surface area (TPSA) is 241 Å². The molecule has 0 atom stereocenters. The van der Waals surface area contributed by atoms with Gasteiger partial charge in [-0.2, -0.15) is 0 Å². The van der Waals surface area contributed by atoms with Crippen molar-refractivity contribution in [3.8, 4) is 0 Å². The van der Waals surface area contributed by atoms with Gasteiger partial charge in [0.15, 0.2) is 11.4 Å². The fourth-order valence-corrected chi connectivity index (χ4v) is 11.4. The Balaban J connectivity index is 0.000000320. The quantitative estimate of drug-likeness (QED) is 0.0546. The van der Waals surface area contributed by atoms with Gasteiger partial charge < -0.3 is 28.0 Å². The van der Waals surface area contributed by atoms with Crippen LogP contribution >= 0.6 is 0 Å². The summed E-state index contributed by atoms with van der Waals surface area (Å²) in [5, 5.41) is 0. The second-order valence-electron chi connectivity index (χ2n) is 16.8. The van der Waals surface area contributed by atoms with Crippen LogP contribution in [0.1, 0.15) is 77.6 Å². The summed E-state index contributed by atoms with van der Waals surface area (Å²) < 4.78 is 147. The SMILES string of the molecule is CCN(CC)c1ccc(C(=C2C=CC(=[N+](CC)CC)C=C2)c2ccc(S(=O)(=O)[O-])cc2S(=O)(=O)[O-])cc1.CCN(CC)c1ccc(C(=C2C=CC(=[N+](CC)CC)C=C2)c2ccc(S(=O)(=O)[O-])cc2S(=O)(=O)[O-])cc1.[Ca+2]. The Bertz CT molecular complexity index is 3180. The zero-order valence-electron chi connectivity index (χ0n) is 43.4. The molecule has 4 aromatic rings. The molecule has 75 heavy (non-hydrogen) atoms. The van der Waals surface area contributed by atoms with Gasteiger partial charge in [0.25, 0.3) is 0 Å². The smallest absolute Gasteiger partial charge is 0.744 e. The van der Waals surface area contributed by atoms with Crippen LogP contribution in [0.25, 0.3) is 11.1 Å². The minimum absolute atomic E-state index is 0. The Kier molecular flexibility index (Phi) is 22.5. The molecule has 0 heterocycles. The summed E-state index contributed by atoms with van der Waals surface area (Å²) in [5.74, 6) is 0. The van der Waals surface area contributed by atoms with Crippen molar-refractivity contribution in [2.45, 2.75) is 75.0 Å². The number of hydrogen-bond acceptors (Lipinski definition) is 14. The molecule has 2 aliphatic carbocycles. The monoisotopic (exact) mass is 1130 g/mol. The molecule has 0 unspecified atom stereocenters. The van der Waals surface area contributed by atoms with Crippen LogP contribution in [0.2, 0.25) is 0 Å². The van der Waals surface area contributed by atoms with Gasteiger partial charge in [0.2, 0.25) is 0 Å². The van der Waals surface area contributed by atoms with Crippen LogP contribution in [0.3, 0.4) is 0 Å². The van der Waals surface area contributed by atoms with Crippen molar-refractivity contribution >= 4 is 112 Å². The van der Waals surface area contributed by atoms with Gasteiger partial charge in [0.1, 0.15) is 66.7 Å². The first-order valence-electron chi connectivity index (χ1n) is 24.2. The first kappa shape index (κ1) is 62.7. The van der Waals surface area contributed by atoms with E-state index in [1.165, 1.54) is 12.1 Å². The van der Waals surface area contributed by atoms with E-state index < -0.39 is 60.1 Å². The standard InChI is InChI=1S/2C27H32N2O6S2.Ca/c2*1-5-28(6-2)22-13-9-20(10-14-22)27(21-11-15-23(16-12-21)29(7-3)8-4)25-18-17-24(36(30,31)32)19-26(25)37(33,34)35;/h2*9-19H,5-8H2,1-4H3,(H-,30,31,32,33,34,35);/q;;+2/p-2. The van der Waals surface area contributed by atoms with Gasteiger partial charge in [-0.25, -0.2) is 42.8 Å². The number of rotatable bonds is 18. The summed E-state index contributed by atoms with van der Waals surface area (Å²) in [6.45, 7) is 22.8. The van der Waals surface area contributed by atoms with Crippen LogP contribution in [0.15, 0.2) is 164 Å². The Morgan fingerprint density at radius 3 is 0.907 bits per heavy atom. The molecule has 4 aromatic carbocycles. The predicted octanol–water partition coefficient (Wildman–Crippen LogP) is 7.14. The third-order valence-electron chi connectivity index (χ3n) is 12.7. The van der Waals surface area contributed by atoms with E-state index in [0.29, 0.717) is 45.6 Å². The van der Waals surface area contributed by atoms with Gasteiger partial charge in [0, 0.05) is 73.0 Å². The number of hydrogen-bond donors (Lipinski definition) is 0. The maximum atomic E-state index is 12.3. The van der Waals surface area contributed by atoms with Crippen LogP contribution < -0.4 is 9.80 Å². The molecule has 0 bridgehead atoms. The molecule has 0 N–H and O–H groups in total. The molecule has 0 aromatic heterocycles. The number of allylic oxidation sites excluding steroid dienone is 10. The molecule has 0 amide bonds. The molecule has 21 heteroatoms. The fourth-order valence-electron chi connectivity index (χ4n) is 8.81. The summed E-state index contributed by atoms with van der Waals surface area (Å²) in [6, 6.07) is 20.8. The summed E-state index contributed by atoms with van der Waals surface area (Å²) in [5.41, 5.74) is 7.37. The van der Waals surface area contributed by atoms with Crippen molar-refractivity contribution in [2.75, 3.05) is 62.2 Å². The van der Waals surface area contributed by atoms with E-state index >= 15 is 0 Å². The largest absolute Gasteiger partial charge is 2.00 e. The van der Waals surface area contributed by atoms with E-state index in [2.05, 4.69) is 19.0 Å². The molecule has 0 spiro atoms. The van der Waals surface area contributed by atoms with Gasteiger partial charge in [-0.05, 0) is 162 Å². The molecular weight excluding hydrogens is 1060 g/mol. The molecular formula is C54H62CaN4O12S4. The Morgan fingerprint density at radius 1 is 0.400 bits per heavy atom. The summed E-state index contributed by atoms with van der Waals surface area (Å²) in [7, 11) is -20.2. The molecule has 396 valence electrons. The van der Waals surface area contributed by atoms with E-state index in [9.17, 15) is 51.9 Å². The van der Waals surface area contributed by atoms with Crippen molar-refractivity contribution < 1.29 is 61.0 Å². The zero-order chi connectivity index (χ0) is 54.8. The maximum absolute atomic E-state index is 12.3. The third kappa shape index (κ3) is 15.7. The number of benzene rings is 4. The zero-order valence-corrected chi connectivity index (χ0v) is 48.9. The van der Waals surface area contributed by atoms with Crippen LogP contribution in [0.4, 0.5) is 11.4 Å². The minimum Gasteiger partial charge on any atom is -0.744 e. The first-order valence-corrected chi connectivity index (χ1v) is 29.8. The van der Waals surface area contributed by atoms with Crippen molar-refractivity contribution in [1.82, 2.24) is 0 Å². The Labute approximate surface area is 473 Å². The van der Waals surface area contributed by atoms with Gasteiger partial charge in [-0.3, -0.25) is 0 Å². The van der Waals surface area contributed by atoms with Crippen LogP contribution in [-0.2, 0) is 40.5 Å². The van der Waals surface area contributed by atoms with Crippen LogP contribution in [0.5, 0.6) is 0 Å². The van der Waals surface area contributed by atoms with E-state index in [4.69, 9.17) is 0 Å². The molecule has 2 aliphatic rings. The summed E-state index contributed by atoms with van der Waals surface area (Å²) >= 11 is 0. The summed E-state index contributed by atoms with van der Waals surface area (Å²) in [6.07, 6.45) is 15.0. The molecule has 0 saturated heterocycles. The normalized spacial score (nSPS) is 13.5. The molecule has 6 rings (SSSR count). The van der Waals surface area contributed by atoms with Gasteiger partial charge >= 0.3 is 37.7 Å². The second kappa shape index (κ2) is 27.0. The predicted molar refractivity (Wildman–Crippen MR) is 292 cm³/mol. The van der Waals surface area contributed by atoms with E-state index in [1.807, 2.05) is 153 Å². The fraction of sp³-hybridized carbons (Fsp3) is 0.296. The third-order valence-corrected chi connectivity index (χ3v) is 16.1. The molecule has 0 aliphatic heterocycles. The molecule has 0 radical (unpaired) electrons. The van der Waals surface area contributed by atoms with Crippen LogP contribution in [-0.4, -0.2) is 163 Å². The molecule has 0 saturated carbocycles. The van der Waals surface area contributed by atoms with E-state index in [0.717, 1.165) is 87.3 Å². The van der Waals surface area contributed by atoms with Crippen LogP contribution in [0, 0.1) is 0 Å². The Hall–Kier alpha value is -4.84. The Morgan fingerprint density at radius 2 is 0.680 bits per heavy atom. The first-order chi connectivity index (χ1) is 34.9. The minimum atomic E-state index is -5.13. The van der Waals surface area contributed by atoms with Crippen molar-refractivity contribution in [3.63, 3.8) is 0 Å². The second-order valence-corrected chi connectivity index (χ2v) is 22.2. The van der Waals surface area contributed by atoms with Crippen molar-refractivity contribution in [3.05, 3.63) is 167 Å². The van der Waals surface area contributed by atoms with Gasteiger partial charge in [0.05, 0.1) is 19.6 Å². The average Bonchev–Trinajstić information content (AvgIpc) is 3.36. The maximum Gasteiger partial charge on any atom is 2.00 e. The number of anilines is 2. The summed E-state index contributed by atoms with van der Waals surface area (Å²) in [4.78, 5) is 1.23. The van der Waals surface area contributed by atoms with Crippen molar-refractivity contribution in [2.24, 2.45) is 0 Å². The van der Waals surface area contributed by atoms with E-state index in [1.54, 1.807) is 0 Å². The average molecular weight is 1130 g/mol.